The lowest BCUT2D eigenvalue weighted by atomic mass is 10.2. The van der Waals surface area contributed by atoms with Crippen molar-refractivity contribution in [1.29, 1.82) is 5.26 Å². The number of amides is 2. The topological polar surface area (TPSA) is 56.1 Å². The van der Waals surface area contributed by atoms with E-state index < -0.39 is 0 Å². The summed E-state index contributed by atoms with van der Waals surface area (Å²) in [5, 5.41) is 11.1. The van der Waals surface area contributed by atoms with Gasteiger partial charge in [0.2, 0.25) is 0 Å². The van der Waals surface area contributed by atoms with Gasteiger partial charge in [0.15, 0.2) is 0 Å². The van der Waals surface area contributed by atoms with Crippen LogP contribution in [-0.2, 0) is 0 Å². The largest absolute Gasteiger partial charge is 0.341 e. The summed E-state index contributed by atoms with van der Waals surface area (Å²) in [5.41, 5.74) is 1.34. The van der Waals surface area contributed by atoms with E-state index in [-0.39, 0.29) is 6.03 Å². The van der Waals surface area contributed by atoms with Crippen LogP contribution >= 0.6 is 0 Å². The average molecular weight is 189 g/mol. The zero-order chi connectivity index (χ0) is 10.6. The Kier molecular flexibility index (Phi) is 3.08. The van der Waals surface area contributed by atoms with Gasteiger partial charge in [0.25, 0.3) is 0 Å². The lowest BCUT2D eigenvalue weighted by Crippen LogP contribution is -2.34. The molecule has 4 nitrogen and oxygen atoms in total. The van der Waals surface area contributed by atoms with Crippen molar-refractivity contribution in [2.75, 3.05) is 19.0 Å². The molecule has 0 saturated carbocycles. The summed E-state index contributed by atoms with van der Waals surface area (Å²) < 4.78 is 0. The van der Waals surface area contributed by atoms with Gasteiger partial charge in [-0.05, 0) is 24.3 Å². The Morgan fingerprint density at radius 3 is 2.43 bits per heavy atom. The molecule has 1 aromatic carbocycles. The summed E-state index contributed by atoms with van der Waals surface area (Å²) in [4.78, 5) is 12.7. The highest BCUT2D eigenvalue weighted by molar-refractivity contribution is 5.91. The fraction of sp³-hybridized carbons (Fsp3) is 0.200. The van der Waals surface area contributed by atoms with Crippen LogP contribution in [0.5, 0.6) is 0 Å². The highest BCUT2D eigenvalue weighted by atomic mass is 16.2. The normalized spacial score (nSPS) is 8.93. The summed E-state index contributed by atoms with van der Waals surface area (Å²) in [5.74, 6) is 0. The molecule has 0 aromatic heterocycles. The fourth-order valence-corrected chi connectivity index (χ4v) is 1.04. The summed E-state index contributed by atoms with van der Waals surface area (Å²) >= 11 is 0. The minimum Gasteiger partial charge on any atom is -0.341 e. The molecule has 72 valence electrons. The van der Waals surface area contributed by atoms with Crippen LogP contribution in [0.2, 0.25) is 0 Å². The molecule has 0 aliphatic heterocycles. The van der Waals surface area contributed by atoms with E-state index in [1.165, 1.54) is 4.90 Å². The van der Waals surface area contributed by atoms with Crippen LogP contribution in [0, 0.1) is 11.3 Å². The number of carbonyl (C=O) groups excluding carboxylic acids is 1. The predicted molar refractivity (Wildman–Crippen MR) is 54.0 cm³/mol. The van der Waals surface area contributed by atoms with Crippen molar-refractivity contribution in [3.63, 3.8) is 0 Å². The maximum Gasteiger partial charge on any atom is 0.321 e. The van der Waals surface area contributed by atoms with Crippen molar-refractivity contribution in [2.45, 2.75) is 0 Å². The van der Waals surface area contributed by atoms with Crippen molar-refractivity contribution < 1.29 is 4.79 Å². The lowest BCUT2D eigenvalue weighted by molar-refractivity contribution is 0.249. The maximum absolute atomic E-state index is 11.2. The molecule has 0 bridgehead atoms. The Balaban J connectivity index is 2.88. The van der Waals surface area contributed by atoms with E-state index in [1.807, 2.05) is 6.07 Å². The third-order valence-corrected chi connectivity index (χ3v) is 1.90. The van der Waals surface area contributed by atoms with Crippen LogP contribution in [0.1, 0.15) is 5.56 Å². The Labute approximate surface area is 82.8 Å². The van der Waals surface area contributed by atoms with Crippen LogP contribution in [0.4, 0.5) is 10.5 Å². The fourth-order valence-electron chi connectivity index (χ4n) is 1.04. The molecule has 2 amide bonds. The van der Waals surface area contributed by atoms with E-state index in [1.54, 1.807) is 38.4 Å². The van der Waals surface area contributed by atoms with Crippen molar-refractivity contribution in [3.05, 3.63) is 29.8 Å². The molecule has 0 atom stereocenters. The second-order valence-corrected chi connectivity index (χ2v) is 2.77. The van der Waals surface area contributed by atoms with E-state index in [4.69, 9.17) is 5.26 Å². The minimum atomic E-state index is -0.185. The first-order chi connectivity index (χ1) is 6.69. The smallest absolute Gasteiger partial charge is 0.321 e. The second-order valence-electron chi connectivity index (χ2n) is 2.77. The SMILES string of the molecule is CNC(=O)N(C)c1ccc(C#N)cc1. The molecular weight excluding hydrogens is 178 g/mol. The van der Waals surface area contributed by atoms with Gasteiger partial charge < -0.3 is 5.32 Å². The second kappa shape index (κ2) is 4.28. The molecule has 1 aromatic rings. The number of urea groups is 1. The number of nitriles is 1. The molecule has 14 heavy (non-hydrogen) atoms. The van der Waals surface area contributed by atoms with Crippen molar-refractivity contribution >= 4 is 11.7 Å². The molecule has 0 aliphatic carbocycles. The van der Waals surface area contributed by atoms with E-state index in [0.717, 1.165) is 5.69 Å². The van der Waals surface area contributed by atoms with Gasteiger partial charge in [0.05, 0.1) is 11.6 Å². The molecular formula is C10H11N3O. The molecule has 0 spiro atoms. The Morgan fingerprint density at radius 1 is 1.43 bits per heavy atom. The molecule has 1 N–H and O–H groups in total. The molecule has 0 heterocycles. The Hall–Kier alpha value is -2.02. The van der Waals surface area contributed by atoms with E-state index in [0.29, 0.717) is 5.56 Å². The molecule has 4 heteroatoms. The lowest BCUT2D eigenvalue weighted by Gasteiger charge is -2.16. The third-order valence-electron chi connectivity index (χ3n) is 1.90. The van der Waals surface area contributed by atoms with Crippen LogP contribution in [0.25, 0.3) is 0 Å². The first-order valence-corrected chi connectivity index (χ1v) is 4.14. The monoisotopic (exact) mass is 189 g/mol. The number of anilines is 1. The molecule has 0 radical (unpaired) electrons. The van der Waals surface area contributed by atoms with Crippen LogP contribution < -0.4 is 10.2 Å². The quantitative estimate of drug-likeness (QED) is 0.724. The van der Waals surface area contributed by atoms with Gasteiger partial charge in [-0.1, -0.05) is 0 Å². The number of carbonyl (C=O) groups is 1. The van der Waals surface area contributed by atoms with E-state index >= 15 is 0 Å². The van der Waals surface area contributed by atoms with Crippen molar-refractivity contribution in [2.24, 2.45) is 0 Å². The maximum atomic E-state index is 11.2. The first-order valence-electron chi connectivity index (χ1n) is 4.14. The van der Waals surface area contributed by atoms with Gasteiger partial charge >= 0.3 is 6.03 Å². The highest BCUT2D eigenvalue weighted by Crippen LogP contribution is 2.12. The number of hydrogen-bond donors (Lipinski definition) is 1. The minimum absolute atomic E-state index is 0.185. The summed E-state index contributed by atoms with van der Waals surface area (Å²) in [6, 6.07) is 8.64. The van der Waals surface area contributed by atoms with Crippen LogP contribution in [0.3, 0.4) is 0 Å². The summed E-state index contributed by atoms with van der Waals surface area (Å²) in [6.07, 6.45) is 0. The first kappa shape index (κ1) is 10.1. The summed E-state index contributed by atoms with van der Waals surface area (Å²) in [6.45, 7) is 0. The van der Waals surface area contributed by atoms with Gasteiger partial charge in [-0.25, -0.2) is 4.79 Å². The van der Waals surface area contributed by atoms with Gasteiger partial charge in [0, 0.05) is 19.8 Å². The van der Waals surface area contributed by atoms with Crippen LogP contribution in [0.15, 0.2) is 24.3 Å². The molecule has 0 aliphatic rings. The summed E-state index contributed by atoms with van der Waals surface area (Å²) in [7, 11) is 3.24. The van der Waals surface area contributed by atoms with Gasteiger partial charge in [-0.15, -0.1) is 0 Å². The molecule has 0 unspecified atom stereocenters. The van der Waals surface area contributed by atoms with E-state index in [2.05, 4.69) is 5.32 Å². The zero-order valence-electron chi connectivity index (χ0n) is 8.11. The molecule has 0 fully saturated rings. The number of hydrogen-bond acceptors (Lipinski definition) is 2. The predicted octanol–water partition coefficient (Wildman–Crippen LogP) is 1.33. The number of benzene rings is 1. The Morgan fingerprint density at radius 2 is 2.00 bits per heavy atom. The molecule has 0 saturated heterocycles. The third kappa shape index (κ3) is 2.02. The van der Waals surface area contributed by atoms with Gasteiger partial charge in [-0.3, -0.25) is 4.90 Å². The van der Waals surface area contributed by atoms with Gasteiger partial charge in [0.1, 0.15) is 0 Å². The number of rotatable bonds is 1. The highest BCUT2D eigenvalue weighted by Gasteiger charge is 2.07. The standard InChI is InChI=1S/C10H11N3O/c1-12-10(14)13(2)9-5-3-8(7-11)4-6-9/h3-6H,1-2H3,(H,12,14). The van der Waals surface area contributed by atoms with E-state index in [9.17, 15) is 4.79 Å². The zero-order valence-corrected chi connectivity index (χ0v) is 8.11. The van der Waals surface area contributed by atoms with Crippen molar-refractivity contribution in [1.82, 2.24) is 5.32 Å². The van der Waals surface area contributed by atoms with Crippen molar-refractivity contribution in [3.8, 4) is 6.07 Å². The number of nitrogens with zero attached hydrogens (tertiary/aromatic N) is 2. The number of nitrogens with one attached hydrogen (secondary N) is 1. The van der Waals surface area contributed by atoms with Gasteiger partial charge in [-0.2, -0.15) is 5.26 Å². The van der Waals surface area contributed by atoms with Crippen LogP contribution in [-0.4, -0.2) is 20.1 Å². The average Bonchev–Trinajstić information content (AvgIpc) is 2.27. The molecule has 1 rings (SSSR count). The Bertz CT molecular complexity index is 364.